The molecule has 0 amide bonds. The van der Waals surface area contributed by atoms with Crippen molar-refractivity contribution in [1.29, 1.82) is 0 Å². The van der Waals surface area contributed by atoms with Gasteiger partial charge in [-0.2, -0.15) is 0 Å². The summed E-state index contributed by atoms with van der Waals surface area (Å²) >= 11 is 0. The molecule has 5 nitrogen and oxygen atoms in total. The van der Waals surface area contributed by atoms with Gasteiger partial charge in [0.1, 0.15) is 12.2 Å². The van der Waals surface area contributed by atoms with Crippen LogP contribution < -0.4 is 5.32 Å². The summed E-state index contributed by atoms with van der Waals surface area (Å²) in [7, 11) is 0. The summed E-state index contributed by atoms with van der Waals surface area (Å²) in [6, 6.07) is 0.218. The number of hydrogen-bond donors (Lipinski definition) is 2. The van der Waals surface area contributed by atoms with Crippen LogP contribution in [0.1, 0.15) is 38.4 Å². The van der Waals surface area contributed by atoms with Crippen LogP contribution in [-0.2, 0) is 13.1 Å². The minimum Gasteiger partial charge on any atom is -0.392 e. The third-order valence-corrected chi connectivity index (χ3v) is 3.29. The summed E-state index contributed by atoms with van der Waals surface area (Å²) in [4.78, 5) is 0. The molecule has 0 aromatic carbocycles. The summed E-state index contributed by atoms with van der Waals surface area (Å²) in [5.41, 5.74) is 0. The molecule has 2 atom stereocenters. The molecule has 16 heavy (non-hydrogen) atoms. The van der Waals surface area contributed by atoms with Gasteiger partial charge in [-0.25, -0.2) is 0 Å². The molecule has 2 rings (SSSR count). The van der Waals surface area contributed by atoms with E-state index in [2.05, 4.69) is 22.4 Å². The first-order valence-corrected chi connectivity index (χ1v) is 6.09. The Morgan fingerprint density at radius 1 is 1.50 bits per heavy atom. The number of nitrogens with zero attached hydrogens (tertiary/aromatic N) is 3. The van der Waals surface area contributed by atoms with Crippen molar-refractivity contribution in [1.82, 2.24) is 20.1 Å². The molecule has 0 spiro atoms. The van der Waals surface area contributed by atoms with Crippen molar-refractivity contribution < 1.29 is 5.11 Å². The normalized spacial score (nSPS) is 25.9. The van der Waals surface area contributed by atoms with Crippen molar-refractivity contribution >= 4 is 0 Å². The van der Waals surface area contributed by atoms with E-state index in [4.69, 9.17) is 0 Å². The lowest BCUT2D eigenvalue weighted by Crippen LogP contribution is -2.42. The molecule has 0 saturated heterocycles. The molecular formula is C11H20N4O. The lowest BCUT2D eigenvalue weighted by atomic mass is 9.93. The Hall–Kier alpha value is -0.940. The van der Waals surface area contributed by atoms with Gasteiger partial charge in [-0.05, 0) is 19.8 Å². The van der Waals surface area contributed by atoms with E-state index in [-0.39, 0.29) is 12.1 Å². The fourth-order valence-corrected chi connectivity index (χ4v) is 2.25. The average Bonchev–Trinajstić information content (AvgIpc) is 2.75. The van der Waals surface area contributed by atoms with Crippen LogP contribution in [0.4, 0.5) is 0 Å². The van der Waals surface area contributed by atoms with Crippen LogP contribution in [0.15, 0.2) is 6.33 Å². The second-order valence-electron chi connectivity index (χ2n) is 4.37. The Morgan fingerprint density at radius 3 is 3.06 bits per heavy atom. The van der Waals surface area contributed by atoms with Gasteiger partial charge in [0.15, 0.2) is 0 Å². The third-order valence-electron chi connectivity index (χ3n) is 3.29. The molecule has 90 valence electrons. The van der Waals surface area contributed by atoms with E-state index in [1.807, 2.05) is 4.57 Å². The van der Waals surface area contributed by atoms with Crippen LogP contribution in [0.25, 0.3) is 0 Å². The second-order valence-corrected chi connectivity index (χ2v) is 4.37. The SMILES string of the molecule is CCn1cnnc1CN[C@@H]1CCCC[C@H]1O. The van der Waals surface area contributed by atoms with Crippen LogP contribution >= 0.6 is 0 Å². The Bertz CT molecular complexity index is 326. The minimum atomic E-state index is -0.202. The molecule has 0 bridgehead atoms. The van der Waals surface area contributed by atoms with E-state index in [1.54, 1.807) is 6.33 Å². The number of hydrogen-bond acceptors (Lipinski definition) is 4. The zero-order chi connectivity index (χ0) is 11.4. The Kier molecular flexibility index (Phi) is 3.90. The maximum absolute atomic E-state index is 9.82. The smallest absolute Gasteiger partial charge is 0.146 e. The van der Waals surface area contributed by atoms with Gasteiger partial charge in [-0.3, -0.25) is 0 Å². The van der Waals surface area contributed by atoms with Gasteiger partial charge in [0.25, 0.3) is 0 Å². The molecule has 2 N–H and O–H groups in total. The standard InChI is InChI=1S/C11H20N4O/c1-2-15-8-13-14-11(15)7-12-9-5-3-4-6-10(9)16/h8-10,12,16H,2-7H2,1H3/t9-,10-/m1/s1. The van der Waals surface area contributed by atoms with E-state index in [1.165, 1.54) is 6.42 Å². The molecular weight excluding hydrogens is 204 g/mol. The van der Waals surface area contributed by atoms with Gasteiger partial charge in [0, 0.05) is 12.6 Å². The van der Waals surface area contributed by atoms with Gasteiger partial charge < -0.3 is 15.0 Å². The predicted octanol–water partition coefficient (Wildman–Crippen LogP) is 0.691. The van der Waals surface area contributed by atoms with Crippen molar-refractivity contribution in [2.45, 2.75) is 57.8 Å². The Morgan fingerprint density at radius 2 is 2.31 bits per heavy atom. The first-order chi connectivity index (χ1) is 7.81. The highest BCUT2D eigenvalue weighted by Gasteiger charge is 2.22. The number of aryl methyl sites for hydroxylation is 1. The van der Waals surface area contributed by atoms with Crippen molar-refractivity contribution in [3.8, 4) is 0 Å². The molecule has 5 heteroatoms. The second kappa shape index (κ2) is 5.41. The van der Waals surface area contributed by atoms with E-state index >= 15 is 0 Å². The third kappa shape index (κ3) is 2.59. The number of aliphatic hydroxyl groups excluding tert-OH is 1. The number of nitrogens with one attached hydrogen (secondary N) is 1. The van der Waals surface area contributed by atoms with Gasteiger partial charge in [0.2, 0.25) is 0 Å². The molecule has 0 radical (unpaired) electrons. The Balaban J connectivity index is 1.86. The lowest BCUT2D eigenvalue weighted by molar-refractivity contribution is 0.0897. The summed E-state index contributed by atoms with van der Waals surface area (Å²) in [5.74, 6) is 0.945. The topological polar surface area (TPSA) is 63.0 Å². The Labute approximate surface area is 95.9 Å². The van der Waals surface area contributed by atoms with Crippen molar-refractivity contribution in [2.24, 2.45) is 0 Å². The van der Waals surface area contributed by atoms with Crippen molar-refractivity contribution in [2.75, 3.05) is 0 Å². The highest BCUT2D eigenvalue weighted by atomic mass is 16.3. The van der Waals surface area contributed by atoms with Crippen LogP contribution in [0.2, 0.25) is 0 Å². The van der Waals surface area contributed by atoms with Gasteiger partial charge in [-0.15, -0.1) is 10.2 Å². The maximum Gasteiger partial charge on any atom is 0.146 e. The number of rotatable bonds is 4. The summed E-state index contributed by atoms with van der Waals surface area (Å²) in [6.45, 7) is 3.65. The number of aliphatic hydroxyl groups is 1. The van der Waals surface area contributed by atoms with E-state index in [0.29, 0.717) is 6.54 Å². The van der Waals surface area contributed by atoms with E-state index in [0.717, 1.165) is 31.6 Å². The molecule has 1 fully saturated rings. The zero-order valence-electron chi connectivity index (χ0n) is 9.76. The first-order valence-electron chi connectivity index (χ1n) is 6.09. The maximum atomic E-state index is 9.82. The number of aromatic nitrogens is 3. The summed E-state index contributed by atoms with van der Waals surface area (Å²) in [6.07, 6.45) is 5.86. The molecule has 1 heterocycles. The first kappa shape index (κ1) is 11.5. The van der Waals surface area contributed by atoms with Gasteiger partial charge in [-0.1, -0.05) is 12.8 Å². The van der Waals surface area contributed by atoms with Crippen LogP contribution in [-0.4, -0.2) is 32.0 Å². The van der Waals surface area contributed by atoms with Crippen LogP contribution in [0.5, 0.6) is 0 Å². The summed E-state index contributed by atoms with van der Waals surface area (Å²) < 4.78 is 2.02. The fourth-order valence-electron chi connectivity index (χ4n) is 2.25. The fraction of sp³-hybridized carbons (Fsp3) is 0.818. The van der Waals surface area contributed by atoms with E-state index in [9.17, 15) is 5.11 Å². The molecule has 1 aromatic heterocycles. The van der Waals surface area contributed by atoms with Gasteiger partial charge in [0.05, 0.1) is 12.6 Å². The highest BCUT2D eigenvalue weighted by Crippen LogP contribution is 2.18. The molecule has 1 aliphatic carbocycles. The molecule has 1 saturated carbocycles. The van der Waals surface area contributed by atoms with Crippen molar-refractivity contribution in [3.63, 3.8) is 0 Å². The largest absolute Gasteiger partial charge is 0.392 e. The average molecular weight is 224 g/mol. The molecule has 1 aromatic rings. The van der Waals surface area contributed by atoms with Crippen LogP contribution in [0.3, 0.4) is 0 Å². The minimum absolute atomic E-state index is 0.202. The summed E-state index contributed by atoms with van der Waals surface area (Å²) in [5, 5.41) is 21.1. The van der Waals surface area contributed by atoms with E-state index < -0.39 is 0 Å². The lowest BCUT2D eigenvalue weighted by Gasteiger charge is -2.28. The molecule has 1 aliphatic rings. The zero-order valence-corrected chi connectivity index (χ0v) is 9.76. The predicted molar refractivity (Wildman–Crippen MR) is 60.8 cm³/mol. The molecule has 0 unspecified atom stereocenters. The highest BCUT2D eigenvalue weighted by molar-refractivity contribution is 4.88. The van der Waals surface area contributed by atoms with Crippen molar-refractivity contribution in [3.05, 3.63) is 12.2 Å². The van der Waals surface area contributed by atoms with Gasteiger partial charge >= 0.3 is 0 Å². The van der Waals surface area contributed by atoms with Crippen LogP contribution in [0, 0.1) is 0 Å². The quantitative estimate of drug-likeness (QED) is 0.790. The molecule has 0 aliphatic heterocycles. The monoisotopic (exact) mass is 224 g/mol.